The SMILES string of the molecule is CCCCCCCC(=O)NC(=S)Nc1ccccc1C(=O)N(C)Cc1ccccc1. The van der Waals surface area contributed by atoms with Crippen LogP contribution in [0.1, 0.15) is 61.4 Å². The van der Waals surface area contributed by atoms with Gasteiger partial charge in [0.05, 0.1) is 11.3 Å². The number of para-hydroxylation sites is 1. The third-order valence-electron chi connectivity index (χ3n) is 4.78. The topological polar surface area (TPSA) is 61.4 Å². The minimum absolute atomic E-state index is 0.103. The molecule has 2 N–H and O–H groups in total. The van der Waals surface area contributed by atoms with Gasteiger partial charge in [-0.15, -0.1) is 0 Å². The number of thiocarbonyl (C=S) groups is 1. The number of anilines is 1. The second-order valence-electron chi connectivity index (χ2n) is 7.36. The summed E-state index contributed by atoms with van der Waals surface area (Å²) < 4.78 is 0. The van der Waals surface area contributed by atoms with Crippen LogP contribution < -0.4 is 10.6 Å². The Morgan fingerprint density at radius 2 is 1.60 bits per heavy atom. The zero-order chi connectivity index (χ0) is 21.8. The normalized spacial score (nSPS) is 10.3. The van der Waals surface area contributed by atoms with Gasteiger partial charge in [0.1, 0.15) is 0 Å². The lowest BCUT2D eigenvalue weighted by Crippen LogP contribution is -2.35. The van der Waals surface area contributed by atoms with Crippen LogP contribution in [0.25, 0.3) is 0 Å². The van der Waals surface area contributed by atoms with Crippen LogP contribution in [0.3, 0.4) is 0 Å². The highest BCUT2D eigenvalue weighted by atomic mass is 32.1. The molecule has 2 rings (SSSR count). The minimum atomic E-state index is -0.119. The van der Waals surface area contributed by atoms with Crippen molar-refractivity contribution in [1.82, 2.24) is 10.2 Å². The zero-order valence-corrected chi connectivity index (χ0v) is 18.6. The van der Waals surface area contributed by atoms with Gasteiger partial charge in [0.25, 0.3) is 5.91 Å². The maximum atomic E-state index is 13.0. The number of carbonyl (C=O) groups is 2. The first-order chi connectivity index (χ1) is 14.5. The highest BCUT2D eigenvalue weighted by molar-refractivity contribution is 7.80. The smallest absolute Gasteiger partial charge is 0.256 e. The van der Waals surface area contributed by atoms with Gasteiger partial charge >= 0.3 is 0 Å². The van der Waals surface area contributed by atoms with E-state index in [9.17, 15) is 9.59 Å². The number of hydrogen-bond donors (Lipinski definition) is 2. The van der Waals surface area contributed by atoms with Crippen LogP contribution >= 0.6 is 12.2 Å². The van der Waals surface area contributed by atoms with Crippen molar-refractivity contribution in [3.05, 3.63) is 65.7 Å². The molecule has 0 aliphatic rings. The van der Waals surface area contributed by atoms with Crippen LogP contribution in [0.5, 0.6) is 0 Å². The summed E-state index contributed by atoms with van der Waals surface area (Å²) in [6.07, 6.45) is 5.88. The number of carbonyl (C=O) groups excluding carboxylic acids is 2. The fourth-order valence-corrected chi connectivity index (χ4v) is 3.37. The molecule has 0 aromatic heterocycles. The molecule has 2 amide bonds. The van der Waals surface area contributed by atoms with Crippen molar-refractivity contribution in [3.8, 4) is 0 Å². The fraction of sp³-hybridized carbons (Fsp3) is 0.375. The van der Waals surface area contributed by atoms with E-state index in [0.29, 0.717) is 24.2 Å². The van der Waals surface area contributed by atoms with Gasteiger partial charge in [-0.25, -0.2) is 0 Å². The summed E-state index contributed by atoms with van der Waals surface area (Å²) >= 11 is 5.28. The number of amides is 2. The van der Waals surface area contributed by atoms with E-state index in [-0.39, 0.29) is 16.9 Å². The van der Waals surface area contributed by atoms with E-state index in [1.807, 2.05) is 42.5 Å². The first-order valence-electron chi connectivity index (χ1n) is 10.5. The predicted molar refractivity (Wildman–Crippen MR) is 126 cm³/mol. The Morgan fingerprint density at radius 1 is 0.933 bits per heavy atom. The van der Waals surface area contributed by atoms with Gasteiger partial charge in [0.15, 0.2) is 5.11 Å². The van der Waals surface area contributed by atoms with Crippen molar-refractivity contribution in [2.75, 3.05) is 12.4 Å². The minimum Gasteiger partial charge on any atom is -0.337 e. The predicted octanol–water partition coefficient (Wildman–Crippen LogP) is 5.13. The lowest BCUT2D eigenvalue weighted by molar-refractivity contribution is -0.119. The lowest BCUT2D eigenvalue weighted by Gasteiger charge is -2.20. The number of nitrogens with one attached hydrogen (secondary N) is 2. The molecule has 0 aliphatic heterocycles. The number of unbranched alkanes of at least 4 members (excludes halogenated alkanes) is 4. The number of benzene rings is 2. The molecule has 0 atom stereocenters. The molecule has 6 heteroatoms. The van der Waals surface area contributed by atoms with Gasteiger partial charge in [-0.1, -0.05) is 75.1 Å². The Morgan fingerprint density at radius 3 is 2.33 bits per heavy atom. The van der Waals surface area contributed by atoms with Crippen LogP contribution in [-0.2, 0) is 11.3 Å². The molecule has 0 spiro atoms. The molecule has 2 aromatic carbocycles. The first kappa shape index (κ1) is 23.5. The van der Waals surface area contributed by atoms with Crippen molar-refractivity contribution in [2.45, 2.75) is 52.0 Å². The molecular formula is C24H31N3O2S. The van der Waals surface area contributed by atoms with Gasteiger partial charge in [-0.05, 0) is 36.3 Å². The Kier molecular flexibility index (Phi) is 10.0. The van der Waals surface area contributed by atoms with Crippen molar-refractivity contribution < 1.29 is 9.59 Å². The lowest BCUT2D eigenvalue weighted by atomic mass is 10.1. The molecule has 2 aromatic rings. The molecule has 0 radical (unpaired) electrons. The molecular weight excluding hydrogens is 394 g/mol. The highest BCUT2D eigenvalue weighted by Crippen LogP contribution is 2.18. The molecule has 5 nitrogen and oxygen atoms in total. The maximum absolute atomic E-state index is 13.0. The summed E-state index contributed by atoms with van der Waals surface area (Å²) in [5.74, 6) is -0.221. The van der Waals surface area contributed by atoms with Gasteiger partial charge in [-0.2, -0.15) is 0 Å². The third kappa shape index (κ3) is 7.95. The summed E-state index contributed by atoms with van der Waals surface area (Å²) in [5.41, 5.74) is 2.14. The summed E-state index contributed by atoms with van der Waals surface area (Å²) in [7, 11) is 1.77. The number of hydrogen-bond acceptors (Lipinski definition) is 3. The molecule has 0 fully saturated rings. The van der Waals surface area contributed by atoms with E-state index in [0.717, 1.165) is 24.8 Å². The number of nitrogens with zero attached hydrogens (tertiary/aromatic N) is 1. The van der Waals surface area contributed by atoms with Crippen molar-refractivity contribution in [1.29, 1.82) is 0 Å². The van der Waals surface area contributed by atoms with Crippen molar-refractivity contribution >= 4 is 34.8 Å². The van der Waals surface area contributed by atoms with Crippen LogP contribution in [0.4, 0.5) is 5.69 Å². The third-order valence-corrected chi connectivity index (χ3v) is 4.98. The van der Waals surface area contributed by atoms with Crippen LogP contribution in [0.15, 0.2) is 54.6 Å². The molecule has 0 saturated heterocycles. The Bertz CT molecular complexity index is 839. The van der Waals surface area contributed by atoms with Gasteiger partial charge in [0.2, 0.25) is 5.91 Å². The second-order valence-corrected chi connectivity index (χ2v) is 7.77. The van der Waals surface area contributed by atoms with Gasteiger partial charge in [-0.3, -0.25) is 9.59 Å². The Labute approximate surface area is 184 Å². The average Bonchev–Trinajstić information content (AvgIpc) is 2.74. The second kappa shape index (κ2) is 12.8. The summed E-state index contributed by atoms with van der Waals surface area (Å²) in [6, 6.07) is 17.0. The largest absolute Gasteiger partial charge is 0.337 e. The average molecular weight is 426 g/mol. The highest BCUT2D eigenvalue weighted by Gasteiger charge is 2.17. The van der Waals surface area contributed by atoms with Crippen molar-refractivity contribution in [3.63, 3.8) is 0 Å². The molecule has 0 unspecified atom stereocenters. The van der Waals surface area contributed by atoms with E-state index in [1.165, 1.54) is 12.8 Å². The summed E-state index contributed by atoms with van der Waals surface area (Å²) in [6.45, 7) is 2.67. The molecule has 0 aliphatic carbocycles. The standard InChI is InChI=1S/C24H31N3O2S/c1-3-4-5-6-10-17-22(28)26-24(30)25-21-16-12-11-15-20(21)23(29)27(2)18-19-13-8-7-9-14-19/h7-9,11-16H,3-6,10,17-18H2,1-2H3,(H2,25,26,28,30). The van der Waals surface area contributed by atoms with Crippen LogP contribution in [0.2, 0.25) is 0 Å². The fourth-order valence-electron chi connectivity index (χ4n) is 3.15. The van der Waals surface area contributed by atoms with Gasteiger partial charge in [0, 0.05) is 20.0 Å². The molecule has 30 heavy (non-hydrogen) atoms. The van der Waals surface area contributed by atoms with Crippen LogP contribution in [-0.4, -0.2) is 28.9 Å². The summed E-state index contributed by atoms with van der Waals surface area (Å²) in [5, 5.41) is 5.92. The maximum Gasteiger partial charge on any atom is 0.256 e. The van der Waals surface area contributed by atoms with E-state index in [1.54, 1.807) is 24.1 Å². The number of rotatable bonds is 10. The van der Waals surface area contributed by atoms with Crippen LogP contribution in [0, 0.1) is 0 Å². The van der Waals surface area contributed by atoms with E-state index in [2.05, 4.69) is 17.6 Å². The van der Waals surface area contributed by atoms with E-state index in [4.69, 9.17) is 12.2 Å². The molecule has 0 saturated carbocycles. The van der Waals surface area contributed by atoms with Crippen molar-refractivity contribution in [2.24, 2.45) is 0 Å². The molecule has 0 heterocycles. The Balaban J connectivity index is 1.91. The Hall–Kier alpha value is -2.73. The quantitative estimate of drug-likeness (QED) is 0.409. The molecule has 0 bridgehead atoms. The first-order valence-corrected chi connectivity index (χ1v) is 10.9. The van der Waals surface area contributed by atoms with Gasteiger partial charge < -0.3 is 15.5 Å². The van der Waals surface area contributed by atoms with E-state index < -0.39 is 0 Å². The zero-order valence-electron chi connectivity index (χ0n) is 17.8. The monoisotopic (exact) mass is 425 g/mol. The molecule has 160 valence electrons. The summed E-state index contributed by atoms with van der Waals surface area (Å²) in [4.78, 5) is 26.7. The van der Waals surface area contributed by atoms with E-state index >= 15 is 0 Å².